The number of benzene rings is 1. The monoisotopic (exact) mass is 282 g/mol. The zero-order chi connectivity index (χ0) is 13.1. The van der Waals surface area contributed by atoms with Gasteiger partial charge in [0.25, 0.3) is 0 Å². The average Bonchev–Trinajstić information content (AvgIpc) is 2.26. The fraction of sp³-hybridized carbons (Fsp3) is 0.222. The Hall–Kier alpha value is -1.15. The highest BCUT2D eigenvalue weighted by Crippen LogP contribution is 2.29. The minimum atomic E-state index is -4.70. The van der Waals surface area contributed by atoms with E-state index in [1.807, 2.05) is 0 Å². The standard InChI is InChI=1S/C9H8F2O4S2/c10-9(11)17(14,15)7-4-2-1-3-6(7)16-5-8(12)13/h1-4,9H,5H2,(H,12,13). The van der Waals surface area contributed by atoms with Crippen LogP contribution in [0.3, 0.4) is 0 Å². The Morgan fingerprint density at radius 2 is 1.94 bits per heavy atom. The third kappa shape index (κ3) is 3.40. The minimum Gasteiger partial charge on any atom is -0.481 e. The lowest BCUT2D eigenvalue weighted by molar-refractivity contribution is -0.133. The number of hydrogen-bond donors (Lipinski definition) is 1. The fourth-order valence-electron chi connectivity index (χ4n) is 1.04. The van der Waals surface area contributed by atoms with Crippen LogP contribution in [0.25, 0.3) is 0 Å². The maximum absolute atomic E-state index is 12.4. The van der Waals surface area contributed by atoms with E-state index in [0.717, 1.165) is 6.07 Å². The molecule has 0 bridgehead atoms. The number of halogens is 2. The van der Waals surface area contributed by atoms with E-state index < -0.39 is 32.2 Å². The summed E-state index contributed by atoms with van der Waals surface area (Å²) in [5.74, 6) is -5.07. The van der Waals surface area contributed by atoms with Crippen molar-refractivity contribution in [3.05, 3.63) is 24.3 Å². The van der Waals surface area contributed by atoms with Crippen molar-refractivity contribution in [2.75, 3.05) is 5.75 Å². The molecule has 0 saturated heterocycles. The first-order valence-corrected chi connectivity index (χ1v) is 6.84. The molecule has 4 nitrogen and oxygen atoms in total. The molecule has 0 radical (unpaired) electrons. The predicted octanol–water partition coefficient (Wildman–Crippen LogP) is 1.86. The van der Waals surface area contributed by atoms with E-state index in [1.54, 1.807) is 0 Å². The highest BCUT2D eigenvalue weighted by molar-refractivity contribution is 8.00. The molecular weight excluding hydrogens is 274 g/mol. The van der Waals surface area contributed by atoms with Crippen molar-refractivity contribution in [3.8, 4) is 0 Å². The van der Waals surface area contributed by atoms with E-state index in [-0.39, 0.29) is 4.90 Å². The van der Waals surface area contributed by atoms with Crippen molar-refractivity contribution in [1.82, 2.24) is 0 Å². The molecule has 0 spiro atoms. The first-order valence-electron chi connectivity index (χ1n) is 4.31. The summed E-state index contributed by atoms with van der Waals surface area (Å²) in [5, 5.41) is 8.46. The lowest BCUT2D eigenvalue weighted by Gasteiger charge is -2.08. The van der Waals surface area contributed by atoms with Gasteiger partial charge in [-0.2, -0.15) is 8.78 Å². The zero-order valence-electron chi connectivity index (χ0n) is 8.34. The van der Waals surface area contributed by atoms with Crippen LogP contribution >= 0.6 is 11.8 Å². The largest absolute Gasteiger partial charge is 0.481 e. The number of carboxylic acid groups (broad SMARTS) is 1. The summed E-state index contributed by atoms with van der Waals surface area (Å²) in [5.41, 5.74) is 0. The van der Waals surface area contributed by atoms with Crippen LogP contribution in [-0.2, 0) is 14.6 Å². The Bertz CT molecular complexity index is 513. The second-order valence-electron chi connectivity index (χ2n) is 2.93. The van der Waals surface area contributed by atoms with Crippen LogP contribution in [0.2, 0.25) is 0 Å². The predicted molar refractivity (Wildman–Crippen MR) is 58.0 cm³/mol. The summed E-state index contributed by atoms with van der Waals surface area (Å²) in [7, 11) is -4.70. The Balaban J connectivity index is 3.12. The van der Waals surface area contributed by atoms with Crippen LogP contribution in [0.4, 0.5) is 8.78 Å². The Morgan fingerprint density at radius 3 is 2.47 bits per heavy atom. The quantitative estimate of drug-likeness (QED) is 0.835. The maximum Gasteiger partial charge on any atom is 0.341 e. The summed E-state index contributed by atoms with van der Waals surface area (Å²) in [6.07, 6.45) is 0. The van der Waals surface area contributed by atoms with Crippen LogP contribution in [0.5, 0.6) is 0 Å². The number of rotatable bonds is 5. The highest BCUT2D eigenvalue weighted by atomic mass is 32.2. The Morgan fingerprint density at radius 1 is 1.35 bits per heavy atom. The van der Waals surface area contributed by atoms with E-state index in [1.165, 1.54) is 18.2 Å². The molecule has 0 heterocycles. The molecule has 0 aliphatic heterocycles. The van der Waals surface area contributed by atoms with Gasteiger partial charge in [-0.05, 0) is 12.1 Å². The molecule has 17 heavy (non-hydrogen) atoms. The number of aliphatic carboxylic acids is 1. The van der Waals surface area contributed by atoms with Crippen molar-refractivity contribution in [2.45, 2.75) is 15.5 Å². The lowest BCUT2D eigenvalue weighted by Crippen LogP contribution is -2.12. The number of alkyl halides is 2. The summed E-state index contributed by atoms with van der Waals surface area (Å²) in [6.45, 7) is 0. The van der Waals surface area contributed by atoms with Crippen LogP contribution in [0, 0.1) is 0 Å². The number of carbonyl (C=O) groups is 1. The molecule has 94 valence electrons. The Kier molecular flexibility index (Phi) is 4.47. The van der Waals surface area contributed by atoms with Crippen LogP contribution in [-0.4, -0.2) is 31.0 Å². The molecule has 0 amide bonds. The van der Waals surface area contributed by atoms with E-state index >= 15 is 0 Å². The topological polar surface area (TPSA) is 71.4 Å². The van der Waals surface area contributed by atoms with Gasteiger partial charge in [0.1, 0.15) is 0 Å². The Labute approximate surface area is 101 Å². The molecular formula is C9H8F2O4S2. The van der Waals surface area contributed by atoms with Crippen molar-refractivity contribution in [2.24, 2.45) is 0 Å². The molecule has 0 atom stereocenters. The third-order valence-corrected chi connectivity index (χ3v) is 4.37. The number of hydrogen-bond acceptors (Lipinski definition) is 4. The summed E-state index contributed by atoms with van der Waals surface area (Å²) < 4.78 is 47.3. The normalized spacial score (nSPS) is 11.7. The van der Waals surface area contributed by atoms with Gasteiger partial charge >= 0.3 is 11.7 Å². The van der Waals surface area contributed by atoms with Crippen molar-refractivity contribution in [3.63, 3.8) is 0 Å². The lowest BCUT2D eigenvalue weighted by atomic mass is 10.4. The first-order chi connectivity index (χ1) is 7.85. The van der Waals surface area contributed by atoms with Crippen LogP contribution in [0.15, 0.2) is 34.1 Å². The van der Waals surface area contributed by atoms with Crippen molar-refractivity contribution >= 4 is 27.6 Å². The number of sulfone groups is 1. The van der Waals surface area contributed by atoms with Gasteiger partial charge in [-0.1, -0.05) is 12.1 Å². The van der Waals surface area contributed by atoms with Gasteiger partial charge < -0.3 is 5.11 Å². The third-order valence-electron chi connectivity index (χ3n) is 1.74. The zero-order valence-corrected chi connectivity index (χ0v) is 9.97. The molecule has 8 heteroatoms. The van der Waals surface area contributed by atoms with Gasteiger partial charge in [-0.15, -0.1) is 11.8 Å². The molecule has 0 aliphatic rings. The van der Waals surface area contributed by atoms with Gasteiger partial charge in [0.15, 0.2) is 0 Å². The average molecular weight is 282 g/mol. The highest BCUT2D eigenvalue weighted by Gasteiger charge is 2.29. The molecule has 0 aromatic heterocycles. The SMILES string of the molecule is O=C(O)CSc1ccccc1S(=O)(=O)C(F)F. The van der Waals surface area contributed by atoms with Gasteiger partial charge in [-0.25, -0.2) is 8.42 Å². The maximum atomic E-state index is 12.4. The molecule has 1 aromatic rings. The van der Waals surface area contributed by atoms with E-state index in [4.69, 9.17) is 5.11 Å². The smallest absolute Gasteiger partial charge is 0.341 e. The summed E-state index contributed by atoms with van der Waals surface area (Å²) in [4.78, 5) is 9.82. The minimum absolute atomic E-state index is 0.00944. The molecule has 1 aromatic carbocycles. The van der Waals surface area contributed by atoms with Crippen LogP contribution in [0.1, 0.15) is 0 Å². The first kappa shape index (κ1) is 13.9. The molecule has 0 unspecified atom stereocenters. The fourth-order valence-corrected chi connectivity index (χ4v) is 3.04. The number of thioether (sulfide) groups is 1. The van der Waals surface area contributed by atoms with Gasteiger partial charge in [-0.3, -0.25) is 4.79 Å². The van der Waals surface area contributed by atoms with Crippen LogP contribution < -0.4 is 0 Å². The summed E-state index contributed by atoms with van der Waals surface area (Å²) in [6, 6.07) is 5.09. The molecule has 0 saturated carbocycles. The number of carboxylic acids is 1. The van der Waals surface area contributed by atoms with Crippen molar-refractivity contribution < 1.29 is 27.1 Å². The van der Waals surface area contributed by atoms with Crippen molar-refractivity contribution in [1.29, 1.82) is 0 Å². The summed E-state index contributed by atoms with van der Waals surface area (Å²) >= 11 is 0.687. The van der Waals surface area contributed by atoms with Gasteiger partial charge in [0, 0.05) is 4.90 Å². The van der Waals surface area contributed by atoms with E-state index in [2.05, 4.69) is 0 Å². The van der Waals surface area contributed by atoms with E-state index in [9.17, 15) is 22.0 Å². The molecule has 1 rings (SSSR count). The van der Waals surface area contributed by atoms with E-state index in [0.29, 0.717) is 11.8 Å². The van der Waals surface area contributed by atoms with Gasteiger partial charge in [0.05, 0.1) is 10.6 Å². The second-order valence-corrected chi connectivity index (χ2v) is 5.84. The van der Waals surface area contributed by atoms with Gasteiger partial charge in [0.2, 0.25) is 9.84 Å². The molecule has 0 aliphatic carbocycles. The second kappa shape index (κ2) is 5.46. The molecule has 0 fully saturated rings. The molecule has 1 N–H and O–H groups in total.